The number of fused-ring (bicyclic) bond motifs is 1. The van der Waals surface area contributed by atoms with E-state index < -0.39 is 4.92 Å². The fourth-order valence-corrected chi connectivity index (χ4v) is 3.76. The SMILES string of the molecule is O=[N+]([O-])c1ccc(N=Cc2cc(Cl)cc(Cl)c2OCc2cccc3ccccc23)cc1. The fourth-order valence-electron chi connectivity index (χ4n) is 3.20. The lowest BCUT2D eigenvalue weighted by atomic mass is 10.1. The number of nitrogens with zero attached hydrogens (tertiary/aromatic N) is 2. The first-order valence-corrected chi connectivity index (χ1v) is 10.1. The minimum atomic E-state index is -0.455. The van der Waals surface area contributed by atoms with Gasteiger partial charge in [-0.3, -0.25) is 15.1 Å². The number of nitro benzene ring substituents is 1. The molecule has 0 atom stereocenters. The number of aliphatic imine (C=N–C) groups is 1. The van der Waals surface area contributed by atoms with E-state index in [1.165, 1.54) is 12.1 Å². The minimum Gasteiger partial charge on any atom is -0.487 e. The summed E-state index contributed by atoms with van der Waals surface area (Å²) in [5.41, 5.74) is 2.20. The number of ether oxygens (including phenoxy) is 1. The van der Waals surface area contributed by atoms with Gasteiger partial charge in [0.25, 0.3) is 5.69 Å². The second kappa shape index (κ2) is 9.16. The Bertz CT molecular complexity index is 1280. The van der Waals surface area contributed by atoms with Crippen molar-refractivity contribution in [3.63, 3.8) is 0 Å². The van der Waals surface area contributed by atoms with Gasteiger partial charge in [-0.15, -0.1) is 0 Å². The number of hydrogen-bond acceptors (Lipinski definition) is 4. The van der Waals surface area contributed by atoms with Crippen molar-refractivity contribution in [1.29, 1.82) is 0 Å². The molecule has 0 unspecified atom stereocenters. The summed E-state index contributed by atoms with van der Waals surface area (Å²) in [5.74, 6) is 0.463. The molecule has 0 N–H and O–H groups in total. The Morgan fingerprint density at radius 2 is 1.71 bits per heavy atom. The van der Waals surface area contributed by atoms with Gasteiger partial charge in [-0.2, -0.15) is 0 Å². The van der Waals surface area contributed by atoms with Gasteiger partial charge in [-0.1, -0.05) is 65.7 Å². The highest BCUT2D eigenvalue weighted by Crippen LogP contribution is 2.33. The smallest absolute Gasteiger partial charge is 0.269 e. The first-order valence-electron chi connectivity index (χ1n) is 9.38. The van der Waals surface area contributed by atoms with Crippen LogP contribution in [-0.2, 0) is 6.61 Å². The lowest BCUT2D eigenvalue weighted by Gasteiger charge is -2.13. The molecule has 0 aliphatic carbocycles. The van der Waals surface area contributed by atoms with Crippen LogP contribution in [0, 0.1) is 10.1 Å². The van der Waals surface area contributed by atoms with Gasteiger partial charge >= 0.3 is 0 Å². The normalized spacial score (nSPS) is 11.2. The van der Waals surface area contributed by atoms with E-state index in [1.54, 1.807) is 30.5 Å². The molecule has 0 bridgehead atoms. The molecule has 4 aromatic rings. The summed E-state index contributed by atoms with van der Waals surface area (Å²) in [6.07, 6.45) is 1.58. The van der Waals surface area contributed by atoms with Crippen LogP contribution in [0.5, 0.6) is 5.75 Å². The molecule has 0 aromatic heterocycles. The average molecular weight is 451 g/mol. The second-order valence-corrected chi connectivity index (χ2v) is 7.61. The zero-order chi connectivity index (χ0) is 21.8. The summed E-state index contributed by atoms with van der Waals surface area (Å²) in [6, 6.07) is 23.4. The Balaban J connectivity index is 1.61. The number of hydrogen-bond donors (Lipinski definition) is 0. The van der Waals surface area contributed by atoms with Crippen molar-refractivity contribution in [3.05, 3.63) is 110 Å². The Morgan fingerprint density at radius 1 is 0.968 bits per heavy atom. The molecule has 5 nitrogen and oxygen atoms in total. The van der Waals surface area contributed by atoms with E-state index in [1.807, 2.05) is 24.3 Å². The first kappa shape index (κ1) is 20.8. The topological polar surface area (TPSA) is 64.7 Å². The number of non-ortho nitro benzene ring substituents is 1. The van der Waals surface area contributed by atoms with Gasteiger partial charge in [0.1, 0.15) is 12.4 Å². The first-order chi connectivity index (χ1) is 15.0. The van der Waals surface area contributed by atoms with Crippen molar-refractivity contribution in [2.45, 2.75) is 6.61 Å². The Kier molecular flexibility index (Phi) is 6.16. The number of nitro groups is 1. The molecule has 4 rings (SSSR count). The summed E-state index contributed by atoms with van der Waals surface area (Å²) < 4.78 is 6.08. The van der Waals surface area contributed by atoms with E-state index in [-0.39, 0.29) is 5.69 Å². The maximum absolute atomic E-state index is 10.8. The second-order valence-electron chi connectivity index (χ2n) is 6.76. The van der Waals surface area contributed by atoms with Gasteiger partial charge in [0.15, 0.2) is 0 Å². The van der Waals surface area contributed by atoms with Gasteiger partial charge < -0.3 is 4.74 Å². The van der Waals surface area contributed by atoms with Crippen molar-refractivity contribution >= 4 is 51.6 Å². The van der Waals surface area contributed by atoms with Gasteiger partial charge in [0.2, 0.25) is 0 Å². The number of rotatable bonds is 6. The standard InChI is InChI=1S/C24H16Cl2N2O3/c25-19-12-18(14-27-20-8-10-21(11-9-20)28(29)30)24(23(26)13-19)31-15-17-6-3-5-16-4-1-2-7-22(16)17/h1-14H,15H2. The van der Waals surface area contributed by atoms with E-state index in [0.717, 1.165) is 16.3 Å². The third-order valence-electron chi connectivity index (χ3n) is 4.70. The van der Waals surface area contributed by atoms with E-state index in [4.69, 9.17) is 27.9 Å². The molecule has 0 radical (unpaired) electrons. The average Bonchev–Trinajstić information content (AvgIpc) is 2.77. The fraction of sp³-hybridized carbons (Fsp3) is 0.0417. The molecule has 0 fully saturated rings. The Labute approximate surface area is 188 Å². The summed E-state index contributed by atoms with van der Waals surface area (Å²) in [4.78, 5) is 14.7. The molecule has 0 spiro atoms. The van der Waals surface area contributed by atoms with Gasteiger partial charge in [0.05, 0.1) is 15.6 Å². The van der Waals surface area contributed by atoms with Crippen LogP contribution >= 0.6 is 23.2 Å². The molecular weight excluding hydrogens is 435 g/mol. The monoisotopic (exact) mass is 450 g/mol. The van der Waals surface area contributed by atoms with Crippen LogP contribution in [0.4, 0.5) is 11.4 Å². The van der Waals surface area contributed by atoms with Crippen LogP contribution in [-0.4, -0.2) is 11.1 Å². The third kappa shape index (κ3) is 4.85. The Hall–Kier alpha value is -3.41. The number of benzene rings is 4. The molecule has 0 heterocycles. The quantitative estimate of drug-likeness (QED) is 0.174. The zero-order valence-corrected chi connectivity index (χ0v) is 17.7. The predicted molar refractivity (Wildman–Crippen MR) is 125 cm³/mol. The molecule has 0 amide bonds. The van der Waals surface area contributed by atoms with Crippen LogP contribution in [0.15, 0.2) is 83.9 Å². The summed E-state index contributed by atoms with van der Waals surface area (Å²) in [7, 11) is 0. The van der Waals surface area contributed by atoms with E-state index in [0.29, 0.717) is 33.7 Å². The van der Waals surface area contributed by atoms with Crippen LogP contribution in [0.3, 0.4) is 0 Å². The summed E-state index contributed by atoms with van der Waals surface area (Å²) in [6.45, 7) is 0.321. The maximum atomic E-state index is 10.8. The van der Waals surface area contributed by atoms with Crippen molar-refractivity contribution in [2.24, 2.45) is 4.99 Å². The molecule has 154 valence electrons. The maximum Gasteiger partial charge on any atom is 0.269 e. The highest BCUT2D eigenvalue weighted by atomic mass is 35.5. The van der Waals surface area contributed by atoms with Crippen LogP contribution < -0.4 is 4.74 Å². The van der Waals surface area contributed by atoms with Gasteiger partial charge in [-0.05, 0) is 40.6 Å². The molecule has 4 aromatic carbocycles. The molecule has 0 aliphatic heterocycles. The molecule has 0 aliphatic rings. The highest BCUT2D eigenvalue weighted by Gasteiger charge is 2.11. The van der Waals surface area contributed by atoms with Crippen molar-refractivity contribution in [3.8, 4) is 5.75 Å². The highest BCUT2D eigenvalue weighted by molar-refractivity contribution is 6.36. The van der Waals surface area contributed by atoms with E-state index >= 15 is 0 Å². The minimum absolute atomic E-state index is 0.00357. The van der Waals surface area contributed by atoms with Crippen molar-refractivity contribution in [1.82, 2.24) is 0 Å². The van der Waals surface area contributed by atoms with Crippen molar-refractivity contribution in [2.75, 3.05) is 0 Å². The molecule has 0 saturated carbocycles. The summed E-state index contributed by atoms with van der Waals surface area (Å²) in [5, 5.41) is 13.9. The molecule has 31 heavy (non-hydrogen) atoms. The van der Waals surface area contributed by atoms with E-state index in [2.05, 4.69) is 23.2 Å². The predicted octanol–water partition coefficient (Wildman–Crippen LogP) is 7.38. The van der Waals surface area contributed by atoms with E-state index in [9.17, 15) is 10.1 Å². The largest absolute Gasteiger partial charge is 0.487 e. The van der Waals surface area contributed by atoms with Crippen LogP contribution in [0.25, 0.3) is 10.8 Å². The van der Waals surface area contributed by atoms with Crippen LogP contribution in [0.1, 0.15) is 11.1 Å². The third-order valence-corrected chi connectivity index (χ3v) is 5.20. The molecular formula is C24H16Cl2N2O3. The molecule has 0 saturated heterocycles. The van der Waals surface area contributed by atoms with Crippen LogP contribution in [0.2, 0.25) is 10.0 Å². The lowest BCUT2D eigenvalue weighted by Crippen LogP contribution is -2.00. The van der Waals surface area contributed by atoms with Gasteiger partial charge in [0, 0.05) is 28.9 Å². The van der Waals surface area contributed by atoms with Crippen molar-refractivity contribution < 1.29 is 9.66 Å². The molecule has 7 heteroatoms. The summed E-state index contributed by atoms with van der Waals surface area (Å²) >= 11 is 12.6. The Morgan fingerprint density at radius 3 is 2.48 bits per heavy atom. The lowest BCUT2D eigenvalue weighted by molar-refractivity contribution is -0.384. The van der Waals surface area contributed by atoms with Gasteiger partial charge in [-0.25, -0.2) is 0 Å². The number of halogens is 2. The zero-order valence-electron chi connectivity index (χ0n) is 16.2.